The molecule has 1 aromatic rings. The molecule has 0 bridgehead atoms. The standard InChI is InChI=1S/C17H26ClNO/c1-5-8-15(12-19(6-2)7-3)17(20)14-10-9-13(4)16(18)11-14/h9-11,15H,5-8,12H2,1-4H3. The molecule has 0 saturated carbocycles. The Morgan fingerprint density at radius 1 is 1.25 bits per heavy atom. The molecule has 0 aliphatic carbocycles. The van der Waals surface area contributed by atoms with Crippen molar-refractivity contribution in [2.24, 2.45) is 5.92 Å². The van der Waals surface area contributed by atoms with Gasteiger partial charge in [-0.2, -0.15) is 0 Å². The zero-order chi connectivity index (χ0) is 15.1. The molecule has 1 atom stereocenters. The van der Waals surface area contributed by atoms with Gasteiger partial charge in [0.1, 0.15) is 0 Å². The van der Waals surface area contributed by atoms with Crippen LogP contribution in [0.5, 0.6) is 0 Å². The van der Waals surface area contributed by atoms with Gasteiger partial charge in [-0.25, -0.2) is 0 Å². The van der Waals surface area contributed by atoms with Crippen molar-refractivity contribution in [2.75, 3.05) is 19.6 Å². The molecule has 0 aromatic heterocycles. The minimum atomic E-state index is 0.0682. The number of hydrogen-bond acceptors (Lipinski definition) is 2. The molecular formula is C17H26ClNO. The van der Waals surface area contributed by atoms with Gasteiger partial charge in [0.25, 0.3) is 0 Å². The number of rotatable bonds is 8. The number of carbonyl (C=O) groups is 1. The first-order valence-electron chi connectivity index (χ1n) is 7.56. The number of nitrogens with zero attached hydrogens (tertiary/aromatic N) is 1. The lowest BCUT2D eigenvalue weighted by molar-refractivity contribution is 0.0875. The molecule has 3 heteroatoms. The normalized spacial score (nSPS) is 12.7. The minimum Gasteiger partial charge on any atom is -0.303 e. The molecule has 2 nitrogen and oxygen atoms in total. The van der Waals surface area contributed by atoms with E-state index in [9.17, 15) is 4.79 Å². The Balaban J connectivity index is 2.89. The largest absolute Gasteiger partial charge is 0.303 e. The Morgan fingerprint density at radius 3 is 2.40 bits per heavy atom. The first-order valence-corrected chi connectivity index (χ1v) is 7.93. The van der Waals surface area contributed by atoms with Crippen molar-refractivity contribution in [1.82, 2.24) is 4.90 Å². The van der Waals surface area contributed by atoms with Crippen LogP contribution < -0.4 is 0 Å². The number of aryl methyl sites for hydroxylation is 1. The smallest absolute Gasteiger partial charge is 0.167 e. The summed E-state index contributed by atoms with van der Waals surface area (Å²) in [6.45, 7) is 11.2. The third kappa shape index (κ3) is 4.60. The van der Waals surface area contributed by atoms with Gasteiger partial charge in [0.05, 0.1) is 0 Å². The molecule has 112 valence electrons. The average Bonchev–Trinajstić information content (AvgIpc) is 2.45. The summed E-state index contributed by atoms with van der Waals surface area (Å²) in [5, 5.41) is 0.675. The Bertz CT molecular complexity index is 441. The van der Waals surface area contributed by atoms with Crippen molar-refractivity contribution >= 4 is 17.4 Å². The molecule has 0 radical (unpaired) electrons. The van der Waals surface area contributed by atoms with Crippen LogP contribution >= 0.6 is 11.6 Å². The van der Waals surface area contributed by atoms with Crippen LogP contribution in [0.4, 0.5) is 0 Å². The van der Waals surface area contributed by atoms with Gasteiger partial charge in [-0.3, -0.25) is 4.79 Å². The molecule has 0 fully saturated rings. The Kier molecular flexibility index (Phi) is 7.25. The van der Waals surface area contributed by atoms with E-state index in [0.717, 1.165) is 43.6 Å². The molecule has 1 aromatic carbocycles. The van der Waals surface area contributed by atoms with Crippen molar-refractivity contribution in [1.29, 1.82) is 0 Å². The van der Waals surface area contributed by atoms with E-state index in [-0.39, 0.29) is 11.7 Å². The van der Waals surface area contributed by atoms with Crippen LogP contribution in [0.2, 0.25) is 5.02 Å². The summed E-state index contributed by atoms with van der Waals surface area (Å²) >= 11 is 6.14. The summed E-state index contributed by atoms with van der Waals surface area (Å²) in [6, 6.07) is 5.63. The van der Waals surface area contributed by atoms with Crippen molar-refractivity contribution in [2.45, 2.75) is 40.5 Å². The molecule has 0 aliphatic rings. The molecule has 0 amide bonds. The van der Waals surface area contributed by atoms with Gasteiger partial charge in [-0.1, -0.05) is 50.9 Å². The van der Waals surface area contributed by atoms with Crippen LogP contribution in [0.1, 0.15) is 49.5 Å². The molecule has 0 N–H and O–H groups in total. The van der Waals surface area contributed by atoms with Crippen LogP contribution in [-0.4, -0.2) is 30.3 Å². The first kappa shape index (κ1) is 17.2. The van der Waals surface area contributed by atoms with Crippen LogP contribution in [0.15, 0.2) is 18.2 Å². The number of halogens is 1. The molecule has 1 unspecified atom stereocenters. The number of carbonyl (C=O) groups excluding carboxylic acids is 1. The van der Waals surface area contributed by atoms with Crippen molar-refractivity contribution in [3.05, 3.63) is 34.3 Å². The summed E-state index contributed by atoms with van der Waals surface area (Å²) in [7, 11) is 0. The first-order chi connectivity index (χ1) is 9.53. The third-order valence-electron chi connectivity index (χ3n) is 3.84. The van der Waals surface area contributed by atoms with Crippen molar-refractivity contribution in [3.63, 3.8) is 0 Å². The lowest BCUT2D eigenvalue weighted by atomic mass is 9.92. The van der Waals surface area contributed by atoms with Gasteiger partial charge in [-0.05, 0) is 38.1 Å². The summed E-state index contributed by atoms with van der Waals surface area (Å²) in [4.78, 5) is 15.0. The quantitative estimate of drug-likeness (QED) is 0.654. The predicted molar refractivity (Wildman–Crippen MR) is 86.7 cm³/mol. The van der Waals surface area contributed by atoms with E-state index in [4.69, 9.17) is 11.6 Å². The van der Waals surface area contributed by atoms with E-state index in [0.29, 0.717) is 5.02 Å². The number of Topliss-reactive ketones (excluding diaryl/α,β-unsaturated/α-hetero) is 1. The molecule has 0 aliphatic heterocycles. The molecule has 20 heavy (non-hydrogen) atoms. The lowest BCUT2D eigenvalue weighted by Gasteiger charge is -2.24. The SMILES string of the molecule is CCCC(CN(CC)CC)C(=O)c1ccc(C)c(Cl)c1. The molecular weight excluding hydrogens is 270 g/mol. The van der Waals surface area contributed by atoms with Crippen LogP contribution in [0.3, 0.4) is 0 Å². The Morgan fingerprint density at radius 2 is 1.90 bits per heavy atom. The monoisotopic (exact) mass is 295 g/mol. The van der Waals surface area contributed by atoms with Crippen LogP contribution in [-0.2, 0) is 0 Å². The maximum absolute atomic E-state index is 12.7. The minimum absolute atomic E-state index is 0.0682. The van der Waals surface area contributed by atoms with E-state index < -0.39 is 0 Å². The van der Waals surface area contributed by atoms with Gasteiger partial charge >= 0.3 is 0 Å². The summed E-state index contributed by atoms with van der Waals surface area (Å²) < 4.78 is 0. The lowest BCUT2D eigenvalue weighted by Crippen LogP contribution is -2.33. The average molecular weight is 296 g/mol. The fraction of sp³-hybridized carbons (Fsp3) is 0.588. The molecule has 0 saturated heterocycles. The van der Waals surface area contributed by atoms with Crippen molar-refractivity contribution in [3.8, 4) is 0 Å². The Hall–Kier alpha value is -0.860. The molecule has 0 heterocycles. The number of hydrogen-bond donors (Lipinski definition) is 0. The highest BCUT2D eigenvalue weighted by Gasteiger charge is 2.21. The third-order valence-corrected chi connectivity index (χ3v) is 4.24. The van der Waals surface area contributed by atoms with E-state index in [1.807, 2.05) is 25.1 Å². The predicted octanol–water partition coefficient (Wildman–Crippen LogP) is 4.59. The summed E-state index contributed by atoms with van der Waals surface area (Å²) in [5.74, 6) is 0.291. The summed E-state index contributed by atoms with van der Waals surface area (Å²) in [5.41, 5.74) is 1.75. The topological polar surface area (TPSA) is 20.3 Å². The zero-order valence-corrected chi connectivity index (χ0v) is 13.8. The van der Waals surface area contributed by atoms with Gasteiger partial charge in [0.15, 0.2) is 5.78 Å². The van der Waals surface area contributed by atoms with Gasteiger partial charge in [0.2, 0.25) is 0 Å². The fourth-order valence-electron chi connectivity index (χ4n) is 2.43. The number of ketones is 1. The van der Waals surface area contributed by atoms with E-state index in [1.165, 1.54) is 0 Å². The summed E-state index contributed by atoms with van der Waals surface area (Å²) in [6.07, 6.45) is 1.96. The van der Waals surface area contributed by atoms with E-state index >= 15 is 0 Å². The second-order valence-corrected chi connectivity index (χ2v) is 5.71. The maximum Gasteiger partial charge on any atom is 0.167 e. The van der Waals surface area contributed by atoms with Gasteiger partial charge < -0.3 is 4.90 Å². The van der Waals surface area contributed by atoms with Crippen LogP contribution in [0, 0.1) is 12.8 Å². The van der Waals surface area contributed by atoms with E-state index in [1.54, 1.807) is 0 Å². The van der Waals surface area contributed by atoms with Crippen LogP contribution in [0.25, 0.3) is 0 Å². The number of benzene rings is 1. The van der Waals surface area contributed by atoms with Gasteiger partial charge in [-0.15, -0.1) is 0 Å². The zero-order valence-electron chi connectivity index (χ0n) is 13.1. The van der Waals surface area contributed by atoms with Crippen molar-refractivity contribution < 1.29 is 4.79 Å². The Labute approximate surface area is 128 Å². The van der Waals surface area contributed by atoms with Gasteiger partial charge in [0, 0.05) is 23.0 Å². The fourth-order valence-corrected chi connectivity index (χ4v) is 2.61. The second kappa shape index (κ2) is 8.43. The highest BCUT2D eigenvalue weighted by molar-refractivity contribution is 6.31. The van der Waals surface area contributed by atoms with E-state index in [2.05, 4.69) is 25.7 Å². The maximum atomic E-state index is 12.7. The highest BCUT2D eigenvalue weighted by Crippen LogP contribution is 2.21. The molecule has 1 rings (SSSR count). The second-order valence-electron chi connectivity index (χ2n) is 5.30. The highest BCUT2D eigenvalue weighted by atomic mass is 35.5. The molecule has 0 spiro atoms.